The molecular weight excluding hydrogens is 328 g/mol. The monoisotopic (exact) mass is 334 g/mol. The second-order valence-corrected chi connectivity index (χ2v) is 4.32. The topological polar surface area (TPSA) is 65.2 Å². The van der Waals surface area contributed by atoms with Gasteiger partial charge in [0.1, 0.15) is 5.70 Å². The van der Waals surface area contributed by atoms with E-state index in [1.54, 1.807) is 12.4 Å². The SMILES string of the molecule is COC(=O)/C(N)=C/c1c(Br)cncc1Br. The molecule has 0 aliphatic carbocycles. The van der Waals surface area contributed by atoms with E-state index in [4.69, 9.17) is 5.73 Å². The molecule has 4 nitrogen and oxygen atoms in total. The number of aromatic nitrogens is 1. The van der Waals surface area contributed by atoms with Gasteiger partial charge in [0.15, 0.2) is 0 Å². The number of carbonyl (C=O) groups is 1. The van der Waals surface area contributed by atoms with E-state index in [2.05, 4.69) is 41.6 Å². The fourth-order valence-corrected chi connectivity index (χ4v) is 2.05. The van der Waals surface area contributed by atoms with Crippen LogP contribution in [-0.2, 0) is 9.53 Å². The van der Waals surface area contributed by atoms with E-state index < -0.39 is 5.97 Å². The summed E-state index contributed by atoms with van der Waals surface area (Å²) in [5, 5.41) is 0. The smallest absolute Gasteiger partial charge is 0.353 e. The van der Waals surface area contributed by atoms with Crippen LogP contribution in [0.3, 0.4) is 0 Å². The summed E-state index contributed by atoms with van der Waals surface area (Å²) in [4.78, 5) is 15.0. The average Bonchev–Trinajstić information content (AvgIpc) is 2.22. The molecule has 0 saturated carbocycles. The van der Waals surface area contributed by atoms with Crippen LogP contribution >= 0.6 is 31.9 Å². The Morgan fingerprint density at radius 1 is 1.47 bits per heavy atom. The molecule has 0 amide bonds. The Hall–Kier alpha value is -0.880. The molecular formula is C9H8Br2N2O2. The number of carbonyl (C=O) groups excluding carboxylic acids is 1. The Labute approximate surface area is 104 Å². The number of hydrogen-bond donors (Lipinski definition) is 1. The molecule has 0 bridgehead atoms. The third-order valence-electron chi connectivity index (χ3n) is 1.61. The first-order valence-corrected chi connectivity index (χ1v) is 5.49. The van der Waals surface area contributed by atoms with Crippen molar-refractivity contribution < 1.29 is 9.53 Å². The highest BCUT2D eigenvalue weighted by Gasteiger charge is 2.08. The van der Waals surface area contributed by atoms with Crippen molar-refractivity contribution >= 4 is 43.9 Å². The molecule has 0 aliphatic heterocycles. The molecule has 1 rings (SSSR count). The maximum absolute atomic E-state index is 11.1. The summed E-state index contributed by atoms with van der Waals surface area (Å²) < 4.78 is 5.96. The zero-order valence-corrected chi connectivity index (χ0v) is 11.0. The van der Waals surface area contributed by atoms with Crippen molar-refractivity contribution in [1.82, 2.24) is 4.98 Å². The molecule has 0 aliphatic rings. The first-order chi connectivity index (χ1) is 7.06. The number of methoxy groups -OCH3 is 1. The quantitative estimate of drug-likeness (QED) is 0.663. The summed E-state index contributed by atoms with van der Waals surface area (Å²) >= 11 is 6.60. The molecule has 80 valence electrons. The standard InChI is InChI=1S/C9H8Br2N2O2/c1-15-9(14)8(12)2-5-6(10)3-13-4-7(5)11/h2-4H,12H2,1H3/b8-2-. The fourth-order valence-electron chi connectivity index (χ4n) is 0.891. The second-order valence-electron chi connectivity index (χ2n) is 2.61. The molecule has 1 aromatic heterocycles. The summed E-state index contributed by atoms with van der Waals surface area (Å²) in [6.45, 7) is 0. The molecule has 1 aromatic rings. The Bertz CT molecular complexity index is 398. The van der Waals surface area contributed by atoms with Crippen molar-refractivity contribution in [2.45, 2.75) is 0 Å². The predicted molar refractivity (Wildman–Crippen MR) is 63.8 cm³/mol. The van der Waals surface area contributed by atoms with Crippen molar-refractivity contribution in [1.29, 1.82) is 0 Å². The van der Waals surface area contributed by atoms with Crippen LogP contribution in [-0.4, -0.2) is 18.1 Å². The predicted octanol–water partition coefficient (Wildman–Crippen LogP) is 2.08. The first kappa shape index (κ1) is 12.2. The highest BCUT2D eigenvalue weighted by Crippen LogP contribution is 2.25. The van der Waals surface area contributed by atoms with Gasteiger partial charge in [-0.25, -0.2) is 4.79 Å². The van der Waals surface area contributed by atoms with Gasteiger partial charge in [-0.3, -0.25) is 4.98 Å². The third-order valence-corrected chi connectivity index (χ3v) is 2.88. The number of nitrogens with zero attached hydrogens (tertiary/aromatic N) is 1. The minimum Gasteiger partial charge on any atom is -0.464 e. The molecule has 0 spiro atoms. The highest BCUT2D eigenvalue weighted by molar-refractivity contribution is 9.11. The molecule has 0 atom stereocenters. The number of pyridine rings is 1. The van der Waals surface area contributed by atoms with Crippen molar-refractivity contribution in [3.63, 3.8) is 0 Å². The molecule has 2 N–H and O–H groups in total. The van der Waals surface area contributed by atoms with Gasteiger partial charge in [0.25, 0.3) is 0 Å². The van der Waals surface area contributed by atoms with Crippen LogP contribution in [0.25, 0.3) is 6.08 Å². The summed E-state index contributed by atoms with van der Waals surface area (Å²) in [5.41, 5.74) is 6.30. The summed E-state index contributed by atoms with van der Waals surface area (Å²) in [6.07, 6.45) is 4.74. The number of halogens is 2. The van der Waals surface area contributed by atoms with Gasteiger partial charge in [-0.05, 0) is 37.9 Å². The molecule has 0 radical (unpaired) electrons. The molecule has 6 heteroatoms. The summed E-state index contributed by atoms with van der Waals surface area (Å²) in [5.74, 6) is -0.564. The third kappa shape index (κ3) is 3.04. The van der Waals surface area contributed by atoms with Crippen molar-refractivity contribution in [3.8, 4) is 0 Å². The Kier molecular flexibility index (Phi) is 4.28. The van der Waals surface area contributed by atoms with Crippen LogP contribution < -0.4 is 5.73 Å². The highest BCUT2D eigenvalue weighted by atomic mass is 79.9. The van der Waals surface area contributed by atoms with Gasteiger partial charge in [0.05, 0.1) is 7.11 Å². The Morgan fingerprint density at radius 2 is 2.00 bits per heavy atom. The minimum atomic E-state index is -0.564. The van der Waals surface area contributed by atoms with Gasteiger partial charge < -0.3 is 10.5 Å². The fraction of sp³-hybridized carbons (Fsp3) is 0.111. The van der Waals surface area contributed by atoms with Gasteiger partial charge in [-0.1, -0.05) is 0 Å². The van der Waals surface area contributed by atoms with Gasteiger partial charge in [0.2, 0.25) is 0 Å². The Morgan fingerprint density at radius 3 is 2.47 bits per heavy atom. The summed E-state index contributed by atoms with van der Waals surface area (Å²) in [7, 11) is 1.28. The number of hydrogen-bond acceptors (Lipinski definition) is 4. The van der Waals surface area contributed by atoms with Crippen LogP contribution in [0.1, 0.15) is 5.56 Å². The maximum atomic E-state index is 11.1. The largest absolute Gasteiger partial charge is 0.464 e. The van der Waals surface area contributed by atoms with E-state index >= 15 is 0 Å². The van der Waals surface area contributed by atoms with Crippen molar-refractivity contribution in [3.05, 3.63) is 32.6 Å². The molecule has 0 aromatic carbocycles. The van der Waals surface area contributed by atoms with E-state index in [1.165, 1.54) is 13.2 Å². The van der Waals surface area contributed by atoms with Gasteiger partial charge in [0, 0.05) is 26.9 Å². The molecule has 0 fully saturated rings. The van der Waals surface area contributed by atoms with E-state index in [0.29, 0.717) is 0 Å². The van der Waals surface area contributed by atoms with Crippen molar-refractivity contribution in [2.24, 2.45) is 5.73 Å². The van der Waals surface area contributed by atoms with Gasteiger partial charge in [-0.2, -0.15) is 0 Å². The van der Waals surface area contributed by atoms with Crippen LogP contribution in [0.15, 0.2) is 27.0 Å². The zero-order chi connectivity index (χ0) is 11.4. The number of ether oxygens (including phenoxy) is 1. The van der Waals surface area contributed by atoms with Crippen LogP contribution in [0.4, 0.5) is 0 Å². The summed E-state index contributed by atoms with van der Waals surface area (Å²) in [6, 6.07) is 0. The zero-order valence-electron chi connectivity index (χ0n) is 7.83. The van der Waals surface area contributed by atoms with E-state index in [9.17, 15) is 4.79 Å². The molecule has 1 heterocycles. The molecule has 15 heavy (non-hydrogen) atoms. The molecule has 0 saturated heterocycles. The Balaban J connectivity index is 3.13. The van der Waals surface area contributed by atoms with E-state index in [0.717, 1.165) is 14.5 Å². The van der Waals surface area contributed by atoms with Crippen molar-refractivity contribution in [2.75, 3.05) is 7.11 Å². The average molecular weight is 336 g/mol. The number of rotatable bonds is 2. The maximum Gasteiger partial charge on any atom is 0.353 e. The van der Waals surface area contributed by atoms with Gasteiger partial charge in [-0.15, -0.1) is 0 Å². The second kappa shape index (κ2) is 5.27. The molecule has 0 unspecified atom stereocenters. The van der Waals surface area contributed by atoms with Crippen LogP contribution in [0, 0.1) is 0 Å². The van der Waals surface area contributed by atoms with Crippen LogP contribution in [0.2, 0.25) is 0 Å². The number of esters is 1. The lowest BCUT2D eigenvalue weighted by atomic mass is 10.2. The lowest BCUT2D eigenvalue weighted by Crippen LogP contribution is -2.12. The normalized spacial score (nSPS) is 11.3. The van der Waals surface area contributed by atoms with Gasteiger partial charge >= 0.3 is 5.97 Å². The van der Waals surface area contributed by atoms with E-state index in [-0.39, 0.29) is 5.70 Å². The van der Waals surface area contributed by atoms with E-state index in [1.807, 2.05) is 0 Å². The first-order valence-electron chi connectivity index (χ1n) is 3.90. The lowest BCUT2D eigenvalue weighted by Gasteiger charge is -2.03. The minimum absolute atomic E-state index is 0.0325. The number of nitrogens with two attached hydrogens (primary N) is 1. The lowest BCUT2D eigenvalue weighted by molar-refractivity contribution is -0.136. The van der Waals surface area contributed by atoms with Crippen LogP contribution in [0.5, 0.6) is 0 Å².